The lowest BCUT2D eigenvalue weighted by Gasteiger charge is -2.17. The Morgan fingerprint density at radius 3 is 2.37 bits per heavy atom. The van der Waals surface area contributed by atoms with Crippen molar-refractivity contribution in [3.8, 4) is 0 Å². The quantitative estimate of drug-likeness (QED) is 0.717. The predicted octanol–water partition coefficient (Wildman–Crippen LogP) is 3.80. The number of carbonyl (C=O) groups excluding carboxylic acids is 1. The van der Waals surface area contributed by atoms with Crippen LogP contribution < -0.4 is 10.0 Å². The van der Waals surface area contributed by atoms with Crippen molar-refractivity contribution in [3.05, 3.63) is 58.9 Å². The van der Waals surface area contributed by atoms with E-state index in [1.807, 2.05) is 4.72 Å². The van der Waals surface area contributed by atoms with Crippen molar-refractivity contribution in [1.82, 2.24) is 4.72 Å². The van der Waals surface area contributed by atoms with Gasteiger partial charge in [0.05, 0.1) is 21.5 Å². The second kappa shape index (κ2) is 7.83. The Morgan fingerprint density at radius 1 is 1.15 bits per heavy atom. The van der Waals surface area contributed by atoms with Crippen molar-refractivity contribution in [2.24, 2.45) is 0 Å². The van der Waals surface area contributed by atoms with Crippen LogP contribution in [0.2, 0.25) is 5.02 Å². The zero-order chi connectivity index (χ0) is 20.4. The van der Waals surface area contributed by atoms with Gasteiger partial charge in [0.2, 0.25) is 15.9 Å². The third-order valence-corrected chi connectivity index (χ3v) is 5.28. The van der Waals surface area contributed by atoms with Crippen LogP contribution in [-0.4, -0.2) is 20.4 Å². The van der Waals surface area contributed by atoms with Crippen molar-refractivity contribution < 1.29 is 30.8 Å². The monoisotopic (exact) mass is 424 g/mol. The Bertz CT molecular complexity index is 964. The van der Waals surface area contributed by atoms with E-state index in [0.29, 0.717) is 6.07 Å². The summed E-state index contributed by atoms with van der Waals surface area (Å²) in [5, 5.41) is 2.03. The molecule has 0 aliphatic carbocycles. The highest BCUT2D eigenvalue weighted by Crippen LogP contribution is 2.33. The molecule has 2 N–H and O–H groups in total. The molecule has 27 heavy (non-hydrogen) atoms. The molecule has 0 saturated heterocycles. The van der Waals surface area contributed by atoms with Gasteiger partial charge in [-0.1, -0.05) is 23.7 Å². The lowest BCUT2D eigenvalue weighted by Crippen LogP contribution is -2.42. The fraction of sp³-hybridized carbons (Fsp3) is 0.188. The van der Waals surface area contributed by atoms with Crippen molar-refractivity contribution in [3.63, 3.8) is 0 Å². The first-order chi connectivity index (χ1) is 12.4. The summed E-state index contributed by atoms with van der Waals surface area (Å²) < 4.78 is 78.7. The van der Waals surface area contributed by atoms with E-state index in [1.165, 1.54) is 6.07 Å². The molecule has 1 amide bonds. The van der Waals surface area contributed by atoms with Crippen LogP contribution in [0.4, 0.5) is 23.2 Å². The predicted molar refractivity (Wildman–Crippen MR) is 91.3 cm³/mol. The minimum Gasteiger partial charge on any atom is -0.325 e. The molecule has 2 aromatic rings. The molecule has 2 aromatic carbocycles. The van der Waals surface area contributed by atoms with Crippen molar-refractivity contribution in [1.29, 1.82) is 0 Å². The third kappa shape index (κ3) is 5.18. The summed E-state index contributed by atoms with van der Waals surface area (Å²) >= 11 is 5.58. The van der Waals surface area contributed by atoms with Gasteiger partial charge in [-0.2, -0.15) is 17.9 Å². The van der Waals surface area contributed by atoms with E-state index in [-0.39, 0.29) is 10.7 Å². The molecule has 1 atom stereocenters. The highest BCUT2D eigenvalue weighted by Gasteiger charge is 2.37. The number of hydrogen-bond donors (Lipinski definition) is 2. The number of alkyl halides is 3. The first-order valence-electron chi connectivity index (χ1n) is 7.36. The van der Waals surface area contributed by atoms with Crippen molar-refractivity contribution in [2.45, 2.75) is 24.0 Å². The Kier molecular flexibility index (Phi) is 6.13. The summed E-state index contributed by atoms with van der Waals surface area (Å²) in [6, 6.07) is 5.47. The molecule has 0 aliphatic heterocycles. The van der Waals surface area contributed by atoms with Crippen molar-refractivity contribution >= 4 is 33.2 Å². The number of anilines is 1. The van der Waals surface area contributed by atoms with Gasteiger partial charge in [-0.05, 0) is 37.3 Å². The van der Waals surface area contributed by atoms with Crippen molar-refractivity contribution in [2.75, 3.05) is 5.32 Å². The molecule has 0 radical (unpaired) electrons. The molecule has 0 fully saturated rings. The van der Waals surface area contributed by atoms with E-state index in [4.69, 9.17) is 11.6 Å². The molecule has 2 rings (SSSR count). The second-order valence-electron chi connectivity index (χ2n) is 5.46. The van der Waals surface area contributed by atoms with E-state index in [1.54, 1.807) is 0 Å². The number of hydrogen-bond acceptors (Lipinski definition) is 3. The van der Waals surface area contributed by atoms with Gasteiger partial charge in [-0.25, -0.2) is 12.8 Å². The third-order valence-electron chi connectivity index (χ3n) is 3.39. The first kappa shape index (κ1) is 21.1. The lowest BCUT2D eigenvalue weighted by atomic mass is 10.2. The van der Waals surface area contributed by atoms with Crippen LogP contribution in [0.1, 0.15) is 12.5 Å². The number of rotatable bonds is 5. The van der Waals surface area contributed by atoms with Gasteiger partial charge in [0.1, 0.15) is 5.82 Å². The summed E-state index contributed by atoms with van der Waals surface area (Å²) in [6.45, 7) is 1.15. The number of carbonyl (C=O) groups is 1. The summed E-state index contributed by atoms with van der Waals surface area (Å²) in [4.78, 5) is 11.1. The molecule has 0 spiro atoms. The average molecular weight is 425 g/mol. The zero-order valence-corrected chi connectivity index (χ0v) is 15.2. The fourth-order valence-electron chi connectivity index (χ4n) is 2.11. The number of benzene rings is 2. The van der Waals surface area contributed by atoms with E-state index >= 15 is 0 Å². The minimum atomic E-state index is -4.89. The van der Waals surface area contributed by atoms with Crippen LogP contribution >= 0.6 is 11.6 Å². The summed E-state index contributed by atoms with van der Waals surface area (Å²) in [5.41, 5.74) is -1.26. The second-order valence-corrected chi connectivity index (χ2v) is 7.54. The standard InChI is InChI=1S/C16H13ClF4N2O3S/c1-9(15(24)22-10-6-7-13(18)12(17)8-10)23-27(25,26)14-5-3-2-4-11(14)16(19,20)21/h2-9,23H,1H3,(H,22,24)/t9-/m1/s1. The Balaban J connectivity index is 2.20. The number of amides is 1. The minimum absolute atomic E-state index is 0.0909. The SMILES string of the molecule is C[C@@H](NS(=O)(=O)c1ccccc1C(F)(F)F)C(=O)Nc1ccc(F)c(Cl)c1. The van der Waals surface area contributed by atoms with Gasteiger partial charge >= 0.3 is 6.18 Å². The summed E-state index contributed by atoms with van der Waals surface area (Å²) in [5.74, 6) is -1.59. The Morgan fingerprint density at radius 2 is 1.78 bits per heavy atom. The maximum absolute atomic E-state index is 13.1. The van der Waals surface area contributed by atoms with Crippen LogP contribution in [0.15, 0.2) is 47.4 Å². The van der Waals surface area contributed by atoms with Gasteiger partial charge in [-0.3, -0.25) is 4.79 Å². The van der Waals surface area contributed by atoms with E-state index in [2.05, 4.69) is 5.32 Å². The Hall–Kier alpha value is -2.17. The van der Waals surface area contributed by atoms with E-state index < -0.39 is 44.4 Å². The van der Waals surface area contributed by atoms with Crippen LogP contribution in [-0.2, 0) is 21.0 Å². The topological polar surface area (TPSA) is 75.3 Å². The van der Waals surface area contributed by atoms with Gasteiger partial charge in [-0.15, -0.1) is 0 Å². The maximum Gasteiger partial charge on any atom is 0.417 e. The molecular weight excluding hydrogens is 412 g/mol. The van der Waals surface area contributed by atoms with Gasteiger partial charge in [0.25, 0.3) is 0 Å². The molecule has 0 aromatic heterocycles. The molecule has 0 heterocycles. The zero-order valence-electron chi connectivity index (χ0n) is 13.6. The van der Waals surface area contributed by atoms with Crippen LogP contribution in [0.25, 0.3) is 0 Å². The average Bonchev–Trinajstić information content (AvgIpc) is 2.57. The van der Waals surface area contributed by atoms with E-state index in [0.717, 1.165) is 37.3 Å². The van der Waals surface area contributed by atoms with Gasteiger partial charge in [0, 0.05) is 5.69 Å². The first-order valence-corrected chi connectivity index (χ1v) is 9.22. The molecule has 0 saturated carbocycles. The molecule has 146 valence electrons. The molecule has 0 bridgehead atoms. The fourth-order valence-corrected chi connectivity index (χ4v) is 3.72. The number of nitrogens with one attached hydrogen (secondary N) is 2. The van der Waals surface area contributed by atoms with Crippen LogP contribution in [0, 0.1) is 5.82 Å². The van der Waals surface area contributed by atoms with Crippen LogP contribution in [0.5, 0.6) is 0 Å². The normalized spacial score (nSPS) is 13.3. The molecule has 11 heteroatoms. The van der Waals surface area contributed by atoms with Crippen LogP contribution in [0.3, 0.4) is 0 Å². The lowest BCUT2D eigenvalue weighted by molar-refractivity contribution is -0.139. The molecule has 0 unspecified atom stereocenters. The van der Waals surface area contributed by atoms with Gasteiger partial charge < -0.3 is 5.32 Å². The summed E-state index contributed by atoms with van der Waals surface area (Å²) in [6.07, 6.45) is -4.89. The number of sulfonamides is 1. The molecular formula is C16H13ClF4N2O3S. The maximum atomic E-state index is 13.1. The molecule has 5 nitrogen and oxygen atoms in total. The highest BCUT2D eigenvalue weighted by atomic mass is 35.5. The van der Waals surface area contributed by atoms with Gasteiger partial charge in [0.15, 0.2) is 0 Å². The Labute approximate surface area is 157 Å². The summed E-state index contributed by atoms with van der Waals surface area (Å²) in [7, 11) is -4.64. The highest BCUT2D eigenvalue weighted by molar-refractivity contribution is 7.89. The largest absolute Gasteiger partial charge is 0.417 e. The molecule has 0 aliphatic rings. The number of halogens is 5. The van der Waals surface area contributed by atoms with E-state index in [9.17, 15) is 30.8 Å². The smallest absolute Gasteiger partial charge is 0.325 e.